The van der Waals surface area contributed by atoms with E-state index in [0.29, 0.717) is 28.7 Å². The third-order valence-electron chi connectivity index (χ3n) is 5.26. The molecule has 1 aromatic carbocycles. The fourth-order valence-corrected chi connectivity index (χ4v) is 3.79. The minimum absolute atomic E-state index is 0.361. The monoisotopic (exact) mass is 383 g/mol. The highest BCUT2D eigenvalue weighted by Gasteiger charge is 2.37. The normalized spacial score (nSPS) is 14.8. The van der Waals surface area contributed by atoms with Crippen molar-refractivity contribution in [2.45, 2.75) is 12.8 Å². The maximum absolute atomic E-state index is 13.1. The van der Waals surface area contributed by atoms with Gasteiger partial charge in [-0.05, 0) is 13.0 Å². The lowest BCUT2D eigenvalue weighted by atomic mass is 9.83. The van der Waals surface area contributed by atoms with E-state index in [2.05, 4.69) is 15.5 Å². The van der Waals surface area contributed by atoms with E-state index in [1.54, 1.807) is 27.3 Å². The standard InChI is InChI=1S/C19H21N5O4/c1-9-13-14(11-7-6-10(27-4)8-12(11)28-5)15-17(20-16(13)22-21-9)23(2)19(26)24(3)18(15)25/h6-8,14H,1-5H3,(H2,20,21,22). The molecule has 1 atom stereocenters. The number of fused-ring (bicyclic) bond motifs is 2. The summed E-state index contributed by atoms with van der Waals surface area (Å²) in [5, 5.41) is 10.4. The van der Waals surface area contributed by atoms with Gasteiger partial charge in [-0.3, -0.25) is 19.0 Å². The minimum atomic E-state index is -0.462. The van der Waals surface area contributed by atoms with Crippen LogP contribution < -0.4 is 26.0 Å². The van der Waals surface area contributed by atoms with Crippen LogP contribution in [0.15, 0.2) is 27.8 Å². The van der Waals surface area contributed by atoms with Crippen molar-refractivity contribution in [1.82, 2.24) is 19.3 Å². The van der Waals surface area contributed by atoms with Gasteiger partial charge in [0.2, 0.25) is 0 Å². The maximum atomic E-state index is 13.1. The third-order valence-corrected chi connectivity index (χ3v) is 5.26. The molecule has 0 bridgehead atoms. The topological polar surface area (TPSA) is 103 Å². The van der Waals surface area contributed by atoms with Crippen LogP contribution in [0.2, 0.25) is 0 Å². The fraction of sp³-hybridized carbons (Fsp3) is 0.316. The summed E-state index contributed by atoms with van der Waals surface area (Å²) in [6, 6.07) is 5.47. The molecule has 1 aliphatic heterocycles. The van der Waals surface area contributed by atoms with E-state index in [-0.39, 0.29) is 5.56 Å². The quantitative estimate of drug-likeness (QED) is 0.554. The summed E-state index contributed by atoms with van der Waals surface area (Å²) >= 11 is 0. The molecule has 2 aromatic heterocycles. The first-order valence-electron chi connectivity index (χ1n) is 8.72. The number of aromatic nitrogens is 4. The maximum Gasteiger partial charge on any atom is 0.332 e. The van der Waals surface area contributed by atoms with Crippen LogP contribution in [0.3, 0.4) is 0 Å². The van der Waals surface area contributed by atoms with Crippen molar-refractivity contribution < 1.29 is 9.47 Å². The molecule has 3 heterocycles. The van der Waals surface area contributed by atoms with Gasteiger partial charge in [-0.25, -0.2) is 4.79 Å². The predicted octanol–water partition coefficient (Wildman–Crippen LogP) is 1.37. The number of rotatable bonds is 3. The number of aryl methyl sites for hydroxylation is 1. The molecular weight excluding hydrogens is 362 g/mol. The SMILES string of the molecule is COc1ccc(C2c3c(n[nH]c3C)Nc3c2c(=O)n(C)c(=O)n3C)c(OC)c1. The summed E-state index contributed by atoms with van der Waals surface area (Å²) in [6.07, 6.45) is 0. The molecule has 0 amide bonds. The van der Waals surface area contributed by atoms with E-state index < -0.39 is 11.6 Å². The molecule has 9 heteroatoms. The van der Waals surface area contributed by atoms with Crippen LogP contribution in [-0.2, 0) is 14.1 Å². The van der Waals surface area contributed by atoms with Crippen LogP contribution in [0.5, 0.6) is 11.5 Å². The van der Waals surface area contributed by atoms with Crippen molar-refractivity contribution in [3.8, 4) is 11.5 Å². The second kappa shape index (κ2) is 6.29. The van der Waals surface area contributed by atoms with E-state index in [1.807, 2.05) is 19.1 Å². The van der Waals surface area contributed by atoms with Gasteiger partial charge in [-0.1, -0.05) is 6.07 Å². The lowest BCUT2D eigenvalue weighted by Gasteiger charge is -2.29. The van der Waals surface area contributed by atoms with E-state index in [1.165, 1.54) is 11.6 Å². The predicted molar refractivity (Wildman–Crippen MR) is 104 cm³/mol. The number of nitrogens with zero attached hydrogens (tertiary/aromatic N) is 3. The zero-order chi connectivity index (χ0) is 20.2. The number of methoxy groups -OCH3 is 2. The number of nitrogens with one attached hydrogen (secondary N) is 2. The number of hydrogen-bond donors (Lipinski definition) is 2. The van der Waals surface area contributed by atoms with Crippen molar-refractivity contribution in [2.75, 3.05) is 19.5 Å². The summed E-state index contributed by atoms with van der Waals surface area (Å²) in [4.78, 5) is 25.6. The number of aromatic amines is 1. The summed E-state index contributed by atoms with van der Waals surface area (Å²) in [7, 11) is 6.26. The molecule has 3 aromatic rings. The van der Waals surface area contributed by atoms with Gasteiger partial charge in [0.25, 0.3) is 5.56 Å². The average Bonchev–Trinajstić information content (AvgIpc) is 3.09. The third kappa shape index (κ3) is 2.35. The van der Waals surface area contributed by atoms with Crippen LogP contribution in [0.4, 0.5) is 11.6 Å². The van der Waals surface area contributed by atoms with Crippen molar-refractivity contribution >= 4 is 11.6 Å². The Balaban J connectivity index is 2.11. The Morgan fingerprint density at radius 2 is 1.82 bits per heavy atom. The molecule has 146 valence electrons. The zero-order valence-corrected chi connectivity index (χ0v) is 16.3. The minimum Gasteiger partial charge on any atom is -0.497 e. The number of ether oxygens (including phenoxy) is 2. The van der Waals surface area contributed by atoms with Gasteiger partial charge in [-0.15, -0.1) is 0 Å². The van der Waals surface area contributed by atoms with Crippen molar-refractivity contribution in [1.29, 1.82) is 0 Å². The fourth-order valence-electron chi connectivity index (χ4n) is 3.79. The lowest BCUT2D eigenvalue weighted by Crippen LogP contribution is -2.42. The van der Waals surface area contributed by atoms with Crippen molar-refractivity contribution in [3.63, 3.8) is 0 Å². The highest BCUT2D eigenvalue weighted by Crippen LogP contribution is 2.46. The summed E-state index contributed by atoms with van der Waals surface area (Å²) < 4.78 is 13.4. The molecule has 1 unspecified atom stereocenters. The molecule has 0 saturated carbocycles. The Kier molecular flexibility index (Phi) is 4.02. The first kappa shape index (κ1) is 17.9. The highest BCUT2D eigenvalue weighted by atomic mass is 16.5. The van der Waals surface area contributed by atoms with Crippen LogP contribution in [0.1, 0.15) is 28.3 Å². The van der Waals surface area contributed by atoms with Crippen molar-refractivity contribution in [2.24, 2.45) is 14.1 Å². The number of benzene rings is 1. The van der Waals surface area contributed by atoms with Gasteiger partial charge >= 0.3 is 5.69 Å². The zero-order valence-electron chi connectivity index (χ0n) is 16.3. The molecule has 28 heavy (non-hydrogen) atoms. The summed E-state index contributed by atoms with van der Waals surface area (Å²) in [5.74, 6) is 1.77. The smallest absolute Gasteiger partial charge is 0.332 e. The Hall–Kier alpha value is -3.49. The molecule has 2 N–H and O–H groups in total. The highest BCUT2D eigenvalue weighted by molar-refractivity contribution is 5.72. The molecule has 0 fully saturated rings. The second-order valence-electron chi connectivity index (χ2n) is 6.74. The van der Waals surface area contributed by atoms with Crippen LogP contribution in [0.25, 0.3) is 0 Å². The van der Waals surface area contributed by atoms with Crippen LogP contribution in [0, 0.1) is 6.92 Å². The average molecular weight is 383 g/mol. The molecule has 1 aliphatic rings. The van der Waals surface area contributed by atoms with Gasteiger partial charge in [-0.2, -0.15) is 5.10 Å². The van der Waals surface area contributed by atoms with E-state index in [0.717, 1.165) is 21.4 Å². The Bertz CT molecular complexity index is 1200. The van der Waals surface area contributed by atoms with Gasteiger partial charge in [0.15, 0.2) is 5.82 Å². The van der Waals surface area contributed by atoms with Gasteiger partial charge in [0, 0.05) is 37.0 Å². The second-order valence-corrected chi connectivity index (χ2v) is 6.74. The van der Waals surface area contributed by atoms with E-state index >= 15 is 0 Å². The van der Waals surface area contributed by atoms with E-state index in [9.17, 15) is 9.59 Å². The number of H-pyrrole nitrogens is 1. The van der Waals surface area contributed by atoms with Gasteiger partial charge < -0.3 is 14.8 Å². The first-order valence-corrected chi connectivity index (χ1v) is 8.72. The molecule has 4 rings (SSSR count). The summed E-state index contributed by atoms with van der Waals surface area (Å²) in [5.41, 5.74) is 2.14. The first-order chi connectivity index (χ1) is 13.4. The van der Waals surface area contributed by atoms with Gasteiger partial charge in [0.1, 0.15) is 17.3 Å². The Morgan fingerprint density at radius 1 is 1.07 bits per heavy atom. The largest absolute Gasteiger partial charge is 0.497 e. The van der Waals surface area contributed by atoms with Crippen molar-refractivity contribution in [3.05, 3.63) is 61.4 Å². The molecular formula is C19H21N5O4. The number of anilines is 2. The molecule has 0 spiro atoms. The molecule has 0 aliphatic carbocycles. The number of hydrogen-bond acceptors (Lipinski definition) is 6. The molecule has 0 radical (unpaired) electrons. The van der Waals surface area contributed by atoms with Crippen LogP contribution >= 0.6 is 0 Å². The van der Waals surface area contributed by atoms with E-state index in [4.69, 9.17) is 9.47 Å². The van der Waals surface area contributed by atoms with Crippen LogP contribution in [-0.4, -0.2) is 33.6 Å². The molecule has 0 saturated heterocycles. The molecule has 9 nitrogen and oxygen atoms in total. The summed E-state index contributed by atoms with van der Waals surface area (Å²) in [6.45, 7) is 1.90. The lowest BCUT2D eigenvalue weighted by molar-refractivity contribution is 0.390. The Labute approximate surface area is 160 Å². The Morgan fingerprint density at radius 3 is 2.50 bits per heavy atom. The van der Waals surface area contributed by atoms with Gasteiger partial charge in [0.05, 0.1) is 25.7 Å².